The van der Waals surface area contributed by atoms with Gasteiger partial charge in [-0.1, -0.05) is 26.2 Å². The number of hydrogen-bond donors (Lipinski definition) is 1. The molecule has 0 amide bonds. The third kappa shape index (κ3) is 3.31. The molecule has 1 aromatic heterocycles. The summed E-state index contributed by atoms with van der Waals surface area (Å²) in [6.45, 7) is 2.04. The van der Waals surface area contributed by atoms with Crippen LogP contribution < -0.4 is 0 Å². The van der Waals surface area contributed by atoms with E-state index >= 15 is 0 Å². The first-order valence-corrected chi connectivity index (χ1v) is 8.25. The van der Waals surface area contributed by atoms with Gasteiger partial charge in [-0.15, -0.1) is 0 Å². The van der Waals surface area contributed by atoms with Crippen molar-refractivity contribution in [3.63, 3.8) is 0 Å². The van der Waals surface area contributed by atoms with Gasteiger partial charge in [0.1, 0.15) is 6.10 Å². The quantitative estimate of drug-likeness (QED) is 0.894. The predicted octanol–water partition coefficient (Wildman–Crippen LogP) is 2.80. The number of aliphatic hydroxyl groups is 1. The van der Waals surface area contributed by atoms with E-state index in [2.05, 4.69) is 21.0 Å². The van der Waals surface area contributed by atoms with E-state index in [9.17, 15) is 9.90 Å². The van der Waals surface area contributed by atoms with Crippen molar-refractivity contribution in [2.24, 2.45) is 13.0 Å². The molecule has 5 heteroatoms. The third-order valence-corrected chi connectivity index (χ3v) is 5.19. The fraction of sp³-hybridized carbons (Fsp3) is 0.733. The molecule has 1 aromatic rings. The molecule has 2 rings (SSSR count). The van der Waals surface area contributed by atoms with Crippen LogP contribution in [-0.4, -0.2) is 26.8 Å². The van der Waals surface area contributed by atoms with Gasteiger partial charge in [-0.25, -0.2) is 0 Å². The number of carbonyl (C=O) groups excluding carboxylic acids is 1. The van der Waals surface area contributed by atoms with Crippen LogP contribution in [0, 0.1) is 5.92 Å². The highest BCUT2D eigenvalue weighted by Gasteiger charge is 2.28. The molecule has 0 radical (unpaired) electrons. The van der Waals surface area contributed by atoms with Crippen LogP contribution in [0.15, 0.2) is 4.47 Å². The smallest absolute Gasteiger partial charge is 0.167 e. The highest BCUT2D eigenvalue weighted by atomic mass is 79.9. The first kappa shape index (κ1) is 15.7. The summed E-state index contributed by atoms with van der Waals surface area (Å²) in [5, 5.41) is 14.6. The van der Waals surface area contributed by atoms with E-state index in [1.54, 1.807) is 4.68 Å². The zero-order valence-electron chi connectivity index (χ0n) is 12.2. The molecule has 0 saturated heterocycles. The Morgan fingerprint density at radius 3 is 2.65 bits per heavy atom. The van der Waals surface area contributed by atoms with Gasteiger partial charge in [-0.3, -0.25) is 9.48 Å². The highest BCUT2D eigenvalue weighted by Crippen LogP contribution is 2.28. The van der Waals surface area contributed by atoms with Gasteiger partial charge < -0.3 is 5.11 Å². The van der Waals surface area contributed by atoms with Crippen molar-refractivity contribution in [2.45, 2.75) is 58.0 Å². The lowest BCUT2D eigenvalue weighted by Gasteiger charge is -2.25. The Hall–Kier alpha value is -0.680. The topological polar surface area (TPSA) is 55.1 Å². The molecule has 1 heterocycles. The number of carbonyl (C=O) groups is 1. The fourth-order valence-electron chi connectivity index (χ4n) is 2.99. The molecule has 112 valence electrons. The van der Waals surface area contributed by atoms with Crippen molar-refractivity contribution >= 4 is 21.7 Å². The van der Waals surface area contributed by atoms with Crippen LogP contribution in [0.25, 0.3) is 0 Å². The van der Waals surface area contributed by atoms with Gasteiger partial charge >= 0.3 is 0 Å². The Morgan fingerprint density at radius 2 is 2.10 bits per heavy atom. The van der Waals surface area contributed by atoms with Crippen LogP contribution in [0.1, 0.15) is 50.4 Å². The van der Waals surface area contributed by atoms with Gasteiger partial charge in [0.2, 0.25) is 0 Å². The second-order valence-electron chi connectivity index (χ2n) is 5.67. The largest absolute Gasteiger partial charge is 0.385 e. The molecule has 1 N–H and O–H groups in total. The Kier molecular flexibility index (Phi) is 5.38. The normalized spacial score (nSPS) is 18.2. The van der Waals surface area contributed by atoms with Gasteiger partial charge in [0.25, 0.3) is 0 Å². The molecule has 1 aliphatic carbocycles. The van der Waals surface area contributed by atoms with E-state index in [4.69, 9.17) is 0 Å². The predicted molar refractivity (Wildman–Crippen MR) is 81.6 cm³/mol. The number of aliphatic hydroxyl groups excluding tert-OH is 1. The molecule has 0 spiro atoms. The lowest BCUT2D eigenvalue weighted by Crippen LogP contribution is -2.32. The monoisotopic (exact) mass is 342 g/mol. The molecule has 0 aliphatic heterocycles. The van der Waals surface area contributed by atoms with Gasteiger partial charge in [-0.05, 0) is 41.1 Å². The Balaban J connectivity index is 2.05. The molecule has 4 nitrogen and oxygen atoms in total. The SMILES string of the molecule is CCc1nn(C)c(CC(=O)C(O)C2CCCCC2)c1Br. The first-order chi connectivity index (χ1) is 9.54. The number of halogens is 1. The maximum absolute atomic E-state index is 12.3. The fourth-order valence-corrected chi connectivity index (χ4v) is 3.75. The molecule has 1 aliphatic rings. The van der Waals surface area contributed by atoms with E-state index in [-0.39, 0.29) is 18.1 Å². The Labute approximate surface area is 128 Å². The minimum atomic E-state index is -0.817. The van der Waals surface area contributed by atoms with Gasteiger partial charge in [0.05, 0.1) is 22.3 Å². The summed E-state index contributed by atoms with van der Waals surface area (Å²) in [7, 11) is 1.85. The standard InChI is InChI=1S/C15H23BrN2O2/c1-3-11-14(16)12(18(2)17-11)9-13(19)15(20)10-7-5-4-6-8-10/h10,15,20H,3-9H2,1-2H3. The van der Waals surface area contributed by atoms with Crippen molar-refractivity contribution in [3.8, 4) is 0 Å². The number of nitrogens with zero attached hydrogens (tertiary/aromatic N) is 2. The molecule has 1 fully saturated rings. The summed E-state index contributed by atoms with van der Waals surface area (Å²) < 4.78 is 2.65. The second kappa shape index (κ2) is 6.85. The maximum Gasteiger partial charge on any atom is 0.167 e. The number of ketones is 1. The summed E-state index contributed by atoms with van der Waals surface area (Å²) in [4.78, 5) is 12.3. The molecule has 20 heavy (non-hydrogen) atoms. The van der Waals surface area contributed by atoms with Gasteiger partial charge in [0, 0.05) is 7.05 Å². The van der Waals surface area contributed by atoms with E-state index < -0.39 is 6.10 Å². The Bertz CT molecular complexity index is 478. The zero-order valence-corrected chi connectivity index (χ0v) is 13.8. The van der Waals surface area contributed by atoms with Crippen LogP contribution in [0.4, 0.5) is 0 Å². The van der Waals surface area contributed by atoms with Gasteiger partial charge in [0.15, 0.2) is 5.78 Å². The van der Waals surface area contributed by atoms with Crippen LogP contribution >= 0.6 is 15.9 Å². The first-order valence-electron chi connectivity index (χ1n) is 7.45. The average molecular weight is 343 g/mol. The summed E-state index contributed by atoms with van der Waals surface area (Å²) >= 11 is 3.52. The van der Waals surface area contributed by atoms with Crippen LogP contribution in [0.5, 0.6) is 0 Å². The van der Waals surface area contributed by atoms with Gasteiger partial charge in [-0.2, -0.15) is 5.10 Å². The number of hydrogen-bond acceptors (Lipinski definition) is 3. The zero-order chi connectivity index (χ0) is 14.7. The van der Waals surface area contributed by atoms with Crippen molar-refractivity contribution in [2.75, 3.05) is 0 Å². The molecule has 1 atom stereocenters. The van der Waals surface area contributed by atoms with Crippen molar-refractivity contribution in [3.05, 3.63) is 15.9 Å². The minimum Gasteiger partial charge on any atom is -0.385 e. The van der Waals surface area contributed by atoms with E-state index in [1.807, 2.05) is 14.0 Å². The van der Waals surface area contributed by atoms with Crippen LogP contribution in [0.2, 0.25) is 0 Å². The molecule has 1 unspecified atom stereocenters. The molecular formula is C15H23BrN2O2. The lowest BCUT2D eigenvalue weighted by atomic mass is 9.83. The lowest BCUT2D eigenvalue weighted by molar-refractivity contribution is -0.129. The molecule has 0 aromatic carbocycles. The van der Waals surface area contributed by atoms with Crippen molar-refractivity contribution in [1.82, 2.24) is 9.78 Å². The summed E-state index contributed by atoms with van der Waals surface area (Å²) in [6, 6.07) is 0. The average Bonchev–Trinajstić information content (AvgIpc) is 2.74. The summed E-state index contributed by atoms with van der Waals surface area (Å²) in [6.07, 6.45) is 5.69. The third-order valence-electron chi connectivity index (χ3n) is 4.27. The van der Waals surface area contributed by atoms with Crippen molar-refractivity contribution < 1.29 is 9.90 Å². The minimum absolute atomic E-state index is 0.0803. The molecule has 1 saturated carbocycles. The Morgan fingerprint density at radius 1 is 1.45 bits per heavy atom. The number of Topliss-reactive ketones (excluding diaryl/α,β-unsaturated/α-hetero) is 1. The second-order valence-corrected chi connectivity index (χ2v) is 6.46. The number of aromatic nitrogens is 2. The number of aryl methyl sites for hydroxylation is 2. The van der Waals surface area contributed by atoms with Crippen molar-refractivity contribution in [1.29, 1.82) is 0 Å². The van der Waals surface area contributed by atoms with E-state index in [1.165, 1.54) is 6.42 Å². The molecular weight excluding hydrogens is 320 g/mol. The van der Waals surface area contributed by atoms with Crippen LogP contribution in [0.3, 0.4) is 0 Å². The van der Waals surface area contributed by atoms with E-state index in [0.717, 1.165) is 48.0 Å². The summed E-state index contributed by atoms with van der Waals surface area (Å²) in [5.41, 5.74) is 1.82. The molecule has 0 bridgehead atoms. The number of rotatable bonds is 5. The summed E-state index contributed by atoms with van der Waals surface area (Å²) in [5.74, 6) is 0.0668. The maximum atomic E-state index is 12.3. The van der Waals surface area contributed by atoms with E-state index in [0.29, 0.717) is 0 Å². The van der Waals surface area contributed by atoms with Crippen LogP contribution in [-0.2, 0) is 24.7 Å². The highest BCUT2D eigenvalue weighted by molar-refractivity contribution is 9.10.